The molecular weight excluding hydrogens is 494 g/mol. The van der Waals surface area contributed by atoms with Gasteiger partial charge in [-0.2, -0.15) is 0 Å². The zero-order valence-corrected chi connectivity index (χ0v) is 22.1. The largest absolute Gasteiger partial charge is 0.454 e. The van der Waals surface area contributed by atoms with Crippen LogP contribution in [-0.4, -0.2) is 33.1 Å². The SMILES string of the molecule is CCCCn1c(-c2ccccc2)nc(CO)c1CN(Cc1ccc2c(c1)OCO2)Cc1ccc2c(c1)OCO2. The summed E-state index contributed by atoms with van der Waals surface area (Å²) in [5.41, 5.74) is 5.03. The summed E-state index contributed by atoms with van der Waals surface area (Å²) in [5, 5.41) is 10.4. The number of aliphatic hydroxyl groups excluding tert-OH is 1. The highest BCUT2D eigenvalue weighted by Gasteiger charge is 2.22. The standard InChI is InChI=1S/C31H33N3O5/c1-2-3-13-34-26(25(19-35)32-31(34)24-7-5-4-6-8-24)18-33(16-22-9-11-27-29(14-22)38-20-36-27)17-23-10-12-28-30(15-23)39-21-37-28/h4-12,14-15,35H,2-3,13,16-21H2,1H3. The number of fused-ring (bicyclic) bond motifs is 2. The normalized spacial score (nSPS) is 13.4. The number of hydrogen-bond acceptors (Lipinski definition) is 7. The van der Waals surface area contributed by atoms with Crippen molar-refractivity contribution in [1.82, 2.24) is 14.5 Å². The molecule has 1 aromatic heterocycles. The first-order valence-corrected chi connectivity index (χ1v) is 13.5. The maximum Gasteiger partial charge on any atom is 0.231 e. The molecule has 0 amide bonds. The molecule has 202 valence electrons. The summed E-state index contributed by atoms with van der Waals surface area (Å²) in [7, 11) is 0. The predicted molar refractivity (Wildman–Crippen MR) is 147 cm³/mol. The van der Waals surface area contributed by atoms with Crippen LogP contribution in [0.4, 0.5) is 0 Å². The van der Waals surface area contributed by atoms with E-state index in [0.717, 1.165) is 70.6 Å². The number of unbranched alkanes of at least 4 members (excludes halogenated alkanes) is 1. The van der Waals surface area contributed by atoms with E-state index in [-0.39, 0.29) is 20.2 Å². The van der Waals surface area contributed by atoms with Gasteiger partial charge in [0.25, 0.3) is 0 Å². The van der Waals surface area contributed by atoms with E-state index < -0.39 is 0 Å². The average molecular weight is 528 g/mol. The Balaban J connectivity index is 1.36. The lowest BCUT2D eigenvalue weighted by atomic mass is 10.1. The minimum Gasteiger partial charge on any atom is -0.454 e. The van der Waals surface area contributed by atoms with Crippen molar-refractivity contribution >= 4 is 0 Å². The van der Waals surface area contributed by atoms with Crippen LogP contribution in [-0.2, 0) is 32.8 Å². The topological polar surface area (TPSA) is 78.2 Å². The minimum absolute atomic E-state index is 0.115. The van der Waals surface area contributed by atoms with Gasteiger partial charge >= 0.3 is 0 Å². The molecule has 8 heteroatoms. The molecule has 4 aromatic rings. The highest BCUT2D eigenvalue weighted by atomic mass is 16.7. The fraction of sp³-hybridized carbons (Fsp3) is 0.323. The quantitative estimate of drug-likeness (QED) is 0.276. The average Bonchev–Trinajstić information content (AvgIpc) is 3.70. The molecule has 0 bridgehead atoms. The van der Waals surface area contributed by atoms with Crippen molar-refractivity contribution in [2.45, 2.75) is 52.6 Å². The molecule has 1 N–H and O–H groups in total. The monoisotopic (exact) mass is 527 g/mol. The van der Waals surface area contributed by atoms with E-state index in [1.165, 1.54) is 0 Å². The van der Waals surface area contributed by atoms with E-state index in [0.29, 0.717) is 25.3 Å². The van der Waals surface area contributed by atoms with E-state index in [1.807, 2.05) is 42.5 Å². The second kappa shape index (κ2) is 11.4. The van der Waals surface area contributed by atoms with Gasteiger partial charge in [0.1, 0.15) is 5.82 Å². The lowest BCUT2D eigenvalue weighted by molar-refractivity contribution is 0.173. The van der Waals surface area contributed by atoms with Gasteiger partial charge in [0.15, 0.2) is 23.0 Å². The van der Waals surface area contributed by atoms with Crippen LogP contribution in [0.15, 0.2) is 66.7 Å². The maximum atomic E-state index is 10.4. The molecule has 0 saturated carbocycles. The van der Waals surface area contributed by atoms with Gasteiger partial charge in [-0.25, -0.2) is 4.98 Å². The van der Waals surface area contributed by atoms with Crippen molar-refractivity contribution in [2.24, 2.45) is 0 Å². The molecule has 3 heterocycles. The van der Waals surface area contributed by atoms with Crippen LogP contribution < -0.4 is 18.9 Å². The smallest absolute Gasteiger partial charge is 0.231 e. The third kappa shape index (κ3) is 5.44. The first-order chi connectivity index (χ1) is 19.2. The summed E-state index contributed by atoms with van der Waals surface area (Å²) in [6, 6.07) is 22.4. The lowest BCUT2D eigenvalue weighted by Gasteiger charge is -2.24. The van der Waals surface area contributed by atoms with Gasteiger partial charge in [0.05, 0.1) is 18.0 Å². The molecule has 0 aliphatic carbocycles. The Bertz CT molecular complexity index is 1380. The minimum atomic E-state index is -0.115. The lowest BCUT2D eigenvalue weighted by Crippen LogP contribution is -2.25. The first-order valence-electron chi connectivity index (χ1n) is 13.5. The van der Waals surface area contributed by atoms with Crippen LogP contribution >= 0.6 is 0 Å². The Labute approximate surface area is 228 Å². The van der Waals surface area contributed by atoms with Crippen LogP contribution in [0.2, 0.25) is 0 Å². The van der Waals surface area contributed by atoms with Crippen LogP contribution in [0.25, 0.3) is 11.4 Å². The summed E-state index contributed by atoms with van der Waals surface area (Å²) in [6.07, 6.45) is 2.09. The molecule has 0 unspecified atom stereocenters. The summed E-state index contributed by atoms with van der Waals surface area (Å²) >= 11 is 0. The van der Waals surface area contributed by atoms with Gasteiger partial charge in [-0.15, -0.1) is 0 Å². The number of rotatable bonds is 11. The zero-order valence-electron chi connectivity index (χ0n) is 22.1. The van der Waals surface area contributed by atoms with E-state index in [2.05, 4.69) is 40.7 Å². The maximum absolute atomic E-state index is 10.4. The van der Waals surface area contributed by atoms with Gasteiger partial charge in [-0.3, -0.25) is 4.90 Å². The highest BCUT2D eigenvalue weighted by molar-refractivity contribution is 5.57. The zero-order chi connectivity index (χ0) is 26.6. The van der Waals surface area contributed by atoms with Gasteiger partial charge in [0.2, 0.25) is 13.6 Å². The van der Waals surface area contributed by atoms with E-state index in [4.69, 9.17) is 23.9 Å². The molecule has 0 fully saturated rings. The van der Waals surface area contributed by atoms with Crippen molar-refractivity contribution in [3.8, 4) is 34.4 Å². The van der Waals surface area contributed by atoms with Crippen LogP contribution in [0.5, 0.6) is 23.0 Å². The summed E-state index contributed by atoms with van der Waals surface area (Å²) in [4.78, 5) is 7.29. The Kier molecular flexibility index (Phi) is 7.38. The highest BCUT2D eigenvalue weighted by Crippen LogP contribution is 2.35. The molecule has 3 aromatic carbocycles. The molecule has 0 atom stereocenters. The number of imidazole rings is 1. The van der Waals surface area contributed by atoms with Gasteiger partial charge < -0.3 is 28.6 Å². The van der Waals surface area contributed by atoms with Crippen molar-refractivity contribution in [1.29, 1.82) is 0 Å². The van der Waals surface area contributed by atoms with Gasteiger partial charge in [-0.1, -0.05) is 55.8 Å². The van der Waals surface area contributed by atoms with E-state index in [1.54, 1.807) is 0 Å². The number of benzene rings is 3. The van der Waals surface area contributed by atoms with E-state index in [9.17, 15) is 5.11 Å². The van der Waals surface area contributed by atoms with Crippen LogP contribution in [0.3, 0.4) is 0 Å². The summed E-state index contributed by atoms with van der Waals surface area (Å²) in [6.45, 7) is 5.38. The Morgan fingerprint density at radius 1 is 0.795 bits per heavy atom. The van der Waals surface area contributed by atoms with Crippen molar-refractivity contribution < 1.29 is 24.1 Å². The molecule has 2 aliphatic heterocycles. The van der Waals surface area contributed by atoms with E-state index >= 15 is 0 Å². The fourth-order valence-corrected chi connectivity index (χ4v) is 5.18. The molecule has 39 heavy (non-hydrogen) atoms. The third-order valence-electron chi connectivity index (χ3n) is 7.13. The molecule has 0 saturated heterocycles. The first kappa shape index (κ1) is 25.3. The predicted octanol–water partition coefficient (Wildman–Crippen LogP) is 5.50. The second-order valence-electron chi connectivity index (χ2n) is 9.88. The number of nitrogens with zero attached hydrogens (tertiary/aromatic N) is 3. The fourth-order valence-electron chi connectivity index (χ4n) is 5.18. The molecule has 0 radical (unpaired) electrons. The van der Waals surface area contributed by atoms with Crippen LogP contribution in [0, 0.1) is 0 Å². The number of ether oxygens (including phenoxy) is 4. The van der Waals surface area contributed by atoms with Gasteiger partial charge in [-0.05, 0) is 41.8 Å². The third-order valence-corrected chi connectivity index (χ3v) is 7.13. The van der Waals surface area contributed by atoms with Crippen molar-refractivity contribution in [2.75, 3.05) is 13.6 Å². The number of aromatic nitrogens is 2. The Hall–Kier alpha value is -4.01. The van der Waals surface area contributed by atoms with Gasteiger partial charge in [0, 0.05) is 31.7 Å². The van der Waals surface area contributed by atoms with Crippen molar-refractivity contribution in [3.05, 3.63) is 89.2 Å². The Morgan fingerprint density at radius 3 is 2.00 bits per heavy atom. The van der Waals surface area contributed by atoms with Crippen molar-refractivity contribution in [3.63, 3.8) is 0 Å². The Morgan fingerprint density at radius 2 is 1.41 bits per heavy atom. The molecular formula is C31H33N3O5. The second-order valence-corrected chi connectivity index (χ2v) is 9.88. The number of aliphatic hydroxyl groups is 1. The number of hydrogen-bond donors (Lipinski definition) is 1. The molecule has 2 aliphatic rings. The molecule has 0 spiro atoms. The summed E-state index contributed by atoms with van der Waals surface area (Å²) in [5.74, 6) is 3.98. The molecule has 8 nitrogen and oxygen atoms in total. The summed E-state index contributed by atoms with van der Waals surface area (Å²) < 4.78 is 24.6. The van der Waals surface area contributed by atoms with Crippen LogP contribution in [0.1, 0.15) is 42.3 Å². The molecule has 6 rings (SSSR count).